The Balaban J connectivity index is 1.53. The average molecular weight is 428 g/mol. The zero-order valence-corrected chi connectivity index (χ0v) is 17.2. The quantitative estimate of drug-likeness (QED) is 0.645. The van der Waals surface area contributed by atoms with E-state index in [1.165, 1.54) is 33.5 Å². The number of anilines is 1. The van der Waals surface area contributed by atoms with Crippen molar-refractivity contribution in [3.05, 3.63) is 59.2 Å². The Morgan fingerprint density at radius 1 is 1.13 bits per heavy atom. The first kappa shape index (κ1) is 20.6. The smallest absolute Gasteiger partial charge is 0.278 e. The molecule has 162 valence electrons. The maximum Gasteiger partial charge on any atom is 0.278 e. The van der Waals surface area contributed by atoms with E-state index in [2.05, 4.69) is 15.6 Å². The van der Waals surface area contributed by atoms with Crippen LogP contribution in [0.4, 0.5) is 10.1 Å². The molecule has 3 aromatic rings. The van der Waals surface area contributed by atoms with E-state index in [0.29, 0.717) is 35.2 Å². The number of rotatable bonds is 6. The standard InChI is InChI=1S/C21H21FN4O5/c1-28-16-8-14(9-17(29-2)20(16)30-3)23-21(27)19-15-11-31-18(10-26(15)25-24-19)12-4-6-13(22)7-5-12/h4-9,18H,10-11H2,1-3H3,(H,23,27)/t18-/m0/s1. The number of hydrogen-bond acceptors (Lipinski definition) is 7. The van der Waals surface area contributed by atoms with Crippen molar-refractivity contribution in [2.45, 2.75) is 19.3 Å². The highest BCUT2D eigenvalue weighted by atomic mass is 19.1. The van der Waals surface area contributed by atoms with Crippen molar-refractivity contribution in [2.75, 3.05) is 26.6 Å². The second-order valence-corrected chi connectivity index (χ2v) is 6.79. The van der Waals surface area contributed by atoms with Crippen molar-refractivity contribution >= 4 is 11.6 Å². The number of hydrogen-bond donors (Lipinski definition) is 1. The Kier molecular flexibility index (Phi) is 5.72. The van der Waals surface area contributed by atoms with Crippen molar-refractivity contribution in [1.29, 1.82) is 0 Å². The molecule has 0 bridgehead atoms. The van der Waals surface area contributed by atoms with Crippen LogP contribution in [0.2, 0.25) is 0 Å². The molecule has 1 atom stereocenters. The lowest BCUT2D eigenvalue weighted by Gasteiger charge is -2.24. The summed E-state index contributed by atoms with van der Waals surface area (Å²) in [6.45, 7) is 0.512. The summed E-state index contributed by atoms with van der Waals surface area (Å²) < 4.78 is 36.6. The van der Waals surface area contributed by atoms with Gasteiger partial charge in [-0.05, 0) is 17.7 Å². The number of fused-ring (bicyclic) bond motifs is 1. The summed E-state index contributed by atoms with van der Waals surface area (Å²) in [5.74, 6) is 0.482. The minimum atomic E-state index is -0.445. The van der Waals surface area contributed by atoms with Gasteiger partial charge in [-0.25, -0.2) is 9.07 Å². The fraction of sp³-hybridized carbons (Fsp3) is 0.286. The molecule has 1 aromatic heterocycles. The maximum atomic E-state index is 13.2. The molecule has 4 rings (SSSR count). The normalized spacial score (nSPS) is 15.2. The van der Waals surface area contributed by atoms with Gasteiger partial charge < -0.3 is 24.3 Å². The number of aromatic nitrogens is 3. The van der Waals surface area contributed by atoms with Gasteiger partial charge in [0.05, 0.1) is 40.2 Å². The summed E-state index contributed by atoms with van der Waals surface area (Å²) >= 11 is 0. The minimum Gasteiger partial charge on any atom is -0.493 e. The molecule has 0 radical (unpaired) electrons. The van der Waals surface area contributed by atoms with Crippen LogP contribution in [0.3, 0.4) is 0 Å². The molecular weight excluding hydrogens is 407 g/mol. The molecule has 31 heavy (non-hydrogen) atoms. The van der Waals surface area contributed by atoms with Gasteiger partial charge in [-0.2, -0.15) is 0 Å². The number of halogens is 1. The van der Waals surface area contributed by atoms with Crippen molar-refractivity contribution in [3.8, 4) is 17.2 Å². The molecule has 0 aliphatic carbocycles. The minimum absolute atomic E-state index is 0.146. The number of carbonyl (C=O) groups is 1. The molecule has 2 heterocycles. The Morgan fingerprint density at radius 2 is 1.81 bits per heavy atom. The highest BCUT2D eigenvalue weighted by Crippen LogP contribution is 2.40. The zero-order valence-electron chi connectivity index (χ0n) is 17.2. The van der Waals surface area contributed by atoms with E-state index >= 15 is 0 Å². The van der Waals surface area contributed by atoms with Crippen molar-refractivity contribution in [1.82, 2.24) is 15.0 Å². The lowest BCUT2D eigenvalue weighted by Crippen LogP contribution is -2.24. The lowest BCUT2D eigenvalue weighted by molar-refractivity contribution is -0.00174. The van der Waals surface area contributed by atoms with Crippen LogP contribution in [0.25, 0.3) is 0 Å². The molecule has 9 nitrogen and oxygen atoms in total. The monoisotopic (exact) mass is 428 g/mol. The van der Waals surface area contributed by atoms with Crippen LogP contribution in [0, 0.1) is 5.82 Å². The van der Waals surface area contributed by atoms with E-state index in [1.807, 2.05) is 0 Å². The predicted molar refractivity (Wildman–Crippen MR) is 108 cm³/mol. The fourth-order valence-corrected chi connectivity index (χ4v) is 3.41. The van der Waals surface area contributed by atoms with Crippen LogP contribution in [-0.2, 0) is 17.9 Å². The predicted octanol–water partition coefficient (Wildman–Crippen LogP) is 2.97. The van der Waals surface area contributed by atoms with Crippen molar-refractivity contribution < 1.29 is 28.1 Å². The summed E-state index contributed by atoms with van der Waals surface area (Å²) in [5, 5.41) is 10.9. The first-order valence-electron chi connectivity index (χ1n) is 9.44. The van der Waals surface area contributed by atoms with Crippen LogP contribution >= 0.6 is 0 Å². The van der Waals surface area contributed by atoms with E-state index in [0.717, 1.165) is 5.56 Å². The first-order valence-corrected chi connectivity index (χ1v) is 9.44. The average Bonchev–Trinajstić information content (AvgIpc) is 3.22. The highest BCUT2D eigenvalue weighted by Gasteiger charge is 2.28. The molecule has 10 heteroatoms. The van der Waals surface area contributed by atoms with Crippen LogP contribution in [0.1, 0.15) is 27.8 Å². The summed E-state index contributed by atoms with van der Waals surface area (Å²) in [4.78, 5) is 12.9. The van der Waals surface area contributed by atoms with Crippen LogP contribution < -0.4 is 19.5 Å². The van der Waals surface area contributed by atoms with Gasteiger partial charge in [0, 0.05) is 17.8 Å². The lowest BCUT2D eigenvalue weighted by atomic mass is 10.1. The SMILES string of the molecule is COc1cc(NC(=O)c2nnn3c2CO[C@H](c2ccc(F)cc2)C3)cc(OC)c1OC. The van der Waals surface area contributed by atoms with E-state index < -0.39 is 5.91 Å². The molecule has 1 N–H and O–H groups in total. The van der Waals surface area contributed by atoms with Gasteiger partial charge in [0.1, 0.15) is 11.9 Å². The fourth-order valence-electron chi connectivity index (χ4n) is 3.41. The molecule has 2 aromatic carbocycles. The Hall–Kier alpha value is -3.66. The molecule has 0 fully saturated rings. The van der Waals surface area contributed by atoms with E-state index in [9.17, 15) is 9.18 Å². The van der Waals surface area contributed by atoms with Gasteiger partial charge >= 0.3 is 0 Å². The van der Waals surface area contributed by atoms with E-state index in [4.69, 9.17) is 18.9 Å². The summed E-state index contributed by atoms with van der Waals surface area (Å²) in [7, 11) is 4.49. The maximum absolute atomic E-state index is 13.2. The largest absolute Gasteiger partial charge is 0.493 e. The van der Waals surface area contributed by atoms with Gasteiger partial charge in [0.2, 0.25) is 5.75 Å². The number of ether oxygens (including phenoxy) is 4. The highest BCUT2D eigenvalue weighted by molar-refractivity contribution is 6.03. The Morgan fingerprint density at radius 3 is 2.42 bits per heavy atom. The third-order valence-electron chi connectivity index (χ3n) is 4.98. The topological polar surface area (TPSA) is 96.7 Å². The Bertz CT molecular complexity index is 1070. The Labute approximate surface area is 177 Å². The molecule has 0 spiro atoms. The van der Waals surface area contributed by atoms with Crippen LogP contribution in [0.15, 0.2) is 36.4 Å². The zero-order chi connectivity index (χ0) is 22.0. The molecule has 0 saturated heterocycles. The second-order valence-electron chi connectivity index (χ2n) is 6.79. The van der Waals surface area contributed by atoms with Crippen LogP contribution in [0.5, 0.6) is 17.2 Å². The number of nitrogens with one attached hydrogen (secondary N) is 1. The van der Waals surface area contributed by atoms with Gasteiger partial charge in [-0.15, -0.1) is 5.10 Å². The number of methoxy groups -OCH3 is 3. The van der Waals surface area contributed by atoms with Crippen molar-refractivity contribution in [3.63, 3.8) is 0 Å². The molecule has 0 unspecified atom stereocenters. The van der Waals surface area contributed by atoms with E-state index in [1.54, 1.807) is 28.9 Å². The summed E-state index contributed by atoms with van der Waals surface area (Å²) in [5.41, 5.74) is 1.99. The first-order chi connectivity index (χ1) is 15.0. The summed E-state index contributed by atoms with van der Waals surface area (Å²) in [6.07, 6.45) is -0.305. The van der Waals surface area contributed by atoms with Gasteiger partial charge in [0.25, 0.3) is 5.91 Å². The van der Waals surface area contributed by atoms with Gasteiger partial charge in [-0.1, -0.05) is 17.3 Å². The third-order valence-corrected chi connectivity index (χ3v) is 4.98. The number of benzene rings is 2. The summed E-state index contributed by atoms with van der Waals surface area (Å²) in [6, 6.07) is 9.34. The van der Waals surface area contributed by atoms with Crippen molar-refractivity contribution in [2.24, 2.45) is 0 Å². The third kappa shape index (κ3) is 4.02. The van der Waals surface area contributed by atoms with Gasteiger partial charge in [0.15, 0.2) is 17.2 Å². The molecular formula is C21H21FN4O5. The second kappa shape index (κ2) is 8.60. The molecule has 1 aliphatic rings. The van der Waals surface area contributed by atoms with E-state index in [-0.39, 0.29) is 24.2 Å². The molecule has 0 saturated carbocycles. The number of amides is 1. The number of nitrogens with zero attached hydrogens (tertiary/aromatic N) is 3. The molecule has 1 aliphatic heterocycles. The van der Waals surface area contributed by atoms with Crippen LogP contribution in [-0.4, -0.2) is 42.2 Å². The van der Waals surface area contributed by atoms with Gasteiger partial charge in [-0.3, -0.25) is 4.79 Å². The number of carbonyl (C=O) groups excluding carboxylic acids is 1. The molecule has 1 amide bonds.